The molecule has 180 valence electrons. The Balaban J connectivity index is 1.40. The summed E-state index contributed by atoms with van der Waals surface area (Å²) in [6, 6.07) is 7.63. The number of aromatic nitrogens is 1. The van der Waals surface area contributed by atoms with Gasteiger partial charge in [0.15, 0.2) is 0 Å². The van der Waals surface area contributed by atoms with Crippen molar-refractivity contribution >= 4 is 23.1 Å². The van der Waals surface area contributed by atoms with E-state index in [2.05, 4.69) is 27.9 Å². The first-order valence-corrected chi connectivity index (χ1v) is 12.1. The Bertz CT molecular complexity index is 948. The van der Waals surface area contributed by atoms with Gasteiger partial charge in [-0.3, -0.25) is 0 Å². The van der Waals surface area contributed by atoms with Gasteiger partial charge in [-0.15, -0.1) is 0 Å². The fourth-order valence-corrected chi connectivity index (χ4v) is 4.66. The van der Waals surface area contributed by atoms with Gasteiger partial charge >= 0.3 is 0 Å². The summed E-state index contributed by atoms with van der Waals surface area (Å²) in [6.45, 7) is 3.08. The molecule has 0 radical (unpaired) electrons. The molecule has 0 aliphatic heterocycles. The second-order valence-corrected chi connectivity index (χ2v) is 9.87. The minimum Gasteiger partial charge on any atom is -0.383 e. The first-order valence-electron chi connectivity index (χ1n) is 11.7. The van der Waals surface area contributed by atoms with Crippen molar-refractivity contribution in [3.63, 3.8) is 0 Å². The maximum atomic E-state index is 14.7. The summed E-state index contributed by atoms with van der Waals surface area (Å²) in [5.74, 6) is 0.301. The van der Waals surface area contributed by atoms with Gasteiger partial charge in [-0.2, -0.15) is 0 Å². The molecule has 2 aliphatic carbocycles. The number of nitrogens with one attached hydrogen (secondary N) is 3. The number of nitrogens with zero attached hydrogens (tertiary/aromatic N) is 1. The molecule has 0 bridgehead atoms. The fourth-order valence-electron chi connectivity index (χ4n) is 4.45. The van der Waals surface area contributed by atoms with Crippen molar-refractivity contribution in [2.45, 2.75) is 69.2 Å². The molecule has 0 saturated heterocycles. The van der Waals surface area contributed by atoms with Gasteiger partial charge in [0, 0.05) is 54.8 Å². The molecule has 0 amide bonds. The standard InChI is InChI=1S/C25H33ClF2N4O/c1-16(14-33-2)31-17-3-5-18(6-4-17)32-24-12-20(22(26)13-29-24)21-11-19(7-8-23(21)27)30-15-25(28)9-10-25/h7-8,11-13,16-18,30-31H,3-6,9-10,14-15H2,1-2H3,(H,29,32)/t16-,17?,18?/m0/s1. The quantitative estimate of drug-likeness (QED) is 0.402. The number of hydrogen-bond donors (Lipinski definition) is 3. The van der Waals surface area contributed by atoms with Crippen LogP contribution >= 0.6 is 11.6 Å². The third-order valence-corrected chi connectivity index (χ3v) is 6.83. The maximum absolute atomic E-state index is 14.7. The van der Waals surface area contributed by atoms with Crippen LogP contribution < -0.4 is 16.0 Å². The predicted octanol–water partition coefficient (Wildman–Crippen LogP) is 5.80. The molecule has 33 heavy (non-hydrogen) atoms. The third-order valence-electron chi connectivity index (χ3n) is 6.53. The average molecular weight is 479 g/mol. The normalized spacial score (nSPS) is 22.6. The van der Waals surface area contributed by atoms with E-state index >= 15 is 0 Å². The monoisotopic (exact) mass is 478 g/mol. The molecule has 4 rings (SSSR count). The Kier molecular flexibility index (Phi) is 7.72. The van der Waals surface area contributed by atoms with Crippen LogP contribution in [0, 0.1) is 5.82 Å². The van der Waals surface area contributed by atoms with Crippen LogP contribution in [-0.4, -0.2) is 49.0 Å². The zero-order valence-electron chi connectivity index (χ0n) is 19.3. The third kappa shape index (κ3) is 6.55. The molecule has 1 aromatic carbocycles. The van der Waals surface area contributed by atoms with Crippen LogP contribution in [0.2, 0.25) is 5.02 Å². The van der Waals surface area contributed by atoms with Crippen LogP contribution in [0.4, 0.5) is 20.3 Å². The Morgan fingerprint density at radius 2 is 1.88 bits per heavy atom. The SMILES string of the molecule is COC[C@H](C)NC1CCC(Nc2cc(-c3cc(NCC4(F)CC4)ccc3F)c(Cl)cn2)CC1. The number of anilines is 2. The topological polar surface area (TPSA) is 58.2 Å². The van der Waals surface area contributed by atoms with Crippen LogP contribution in [0.25, 0.3) is 11.1 Å². The van der Waals surface area contributed by atoms with Gasteiger partial charge in [-0.05, 0) is 69.7 Å². The average Bonchev–Trinajstić information content (AvgIpc) is 3.53. The zero-order chi connectivity index (χ0) is 23.4. The van der Waals surface area contributed by atoms with Gasteiger partial charge in [0.25, 0.3) is 0 Å². The van der Waals surface area contributed by atoms with Crippen LogP contribution in [0.1, 0.15) is 45.4 Å². The molecule has 8 heteroatoms. The molecule has 0 unspecified atom stereocenters. The Labute approximate surface area is 199 Å². The lowest BCUT2D eigenvalue weighted by Crippen LogP contribution is -2.42. The summed E-state index contributed by atoms with van der Waals surface area (Å²) < 4.78 is 33.9. The molecule has 2 aromatic rings. The molecule has 0 spiro atoms. The van der Waals surface area contributed by atoms with E-state index in [9.17, 15) is 8.78 Å². The second kappa shape index (κ2) is 10.5. The van der Waals surface area contributed by atoms with E-state index in [1.165, 1.54) is 6.07 Å². The van der Waals surface area contributed by atoms with Crippen LogP contribution in [-0.2, 0) is 4.74 Å². The van der Waals surface area contributed by atoms with Crippen molar-refractivity contribution in [2.75, 3.05) is 30.9 Å². The first-order chi connectivity index (χ1) is 15.8. The maximum Gasteiger partial charge on any atom is 0.131 e. The Morgan fingerprint density at radius 1 is 1.15 bits per heavy atom. The lowest BCUT2D eigenvalue weighted by molar-refractivity contribution is 0.161. The van der Waals surface area contributed by atoms with Gasteiger partial charge in [0.2, 0.25) is 0 Å². The van der Waals surface area contributed by atoms with Crippen LogP contribution in [0.5, 0.6) is 0 Å². The van der Waals surface area contributed by atoms with Crippen molar-refractivity contribution in [3.05, 3.63) is 41.3 Å². The fraction of sp³-hybridized carbons (Fsp3) is 0.560. The smallest absolute Gasteiger partial charge is 0.131 e. The number of pyridine rings is 1. The number of halogens is 3. The molecule has 5 nitrogen and oxygen atoms in total. The minimum atomic E-state index is -1.13. The lowest BCUT2D eigenvalue weighted by atomic mass is 9.90. The van der Waals surface area contributed by atoms with Gasteiger partial charge in [-0.25, -0.2) is 13.8 Å². The van der Waals surface area contributed by atoms with Crippen molar-refractivity contribution in [3.8, 4) is 11.1 Å². The second-order valence-electron chi connectivity index (χ2n) is 9.46. The van der Waals surface area contributed by atoms with E-state index < -0.39 is 5.67 Å². The molecule has 1 atom stereocenters. The van der Waals surface area contributed by atoms with Crippen molar-refractivity contribution in [1.82, 2.24) is 10.3 Å². The molecule has 2 aliphatic rings. The number of alkyl halides is 1. The van der Waals surface area contributed by atoms with Crippen molar-refractivity contribution in [2.24, 2.45) is 0 Å². The Hall–Kier alpha value is -1.96. The number of ether oxygens (including phenoxy) is 1. The molecule has 2 fully saturated rings. The number of rotatable bonds is 10. The van der Waals surface area contributed by atoms with Crippen LogP contribution in [0.15, 0.2) is 30.5 Å². The van der Waals surface area contributed by atoms with E-state index in [0.717, 1.165) is 25.7 Å². The summed E-state index contributed by atoms with van der Waals surface area (Å²) in [4.78, 5) is 4.42. The van der Waals surface area contributed by atoms with E-state index in [1.54, 1.807) is 31.5 Å². The zero-order valence-corrected chi connectivity index (χ0v) is 20.0. The van der Waals surface area contributed by atoms with Crippen LogP contribution in [0.3, 0.4) is 0 Å². The number of methoxy groups -OCH3 is 1. The summed E-state index contributed by atoms with van der Waals surface area (Å²) in [5.41, 5.74) is 0.488. The van der Waals surface area contributed by atoms with E-state index in [1.807, 2.05) is 0 Å². The van der Waals surface area contributed by atoms with Crippen molar-refractivity contribution < 1.29 is 13.5 Å². The highest BCUT2D eigenvalue weighted by Gasteiger charge is 2.42. The highest BCUT2D eigenvalue weighted by atomic mass is 35.5. The first kappa shape index (κ1) is 24.2. The van der Waals surface area contributed by atoms with E-state index in [-0.39, 0.29) is 12.4 Å². The van der Waals surface area contributed by atoms with Crippen molar-refractivity contribution in [1.29, 1.82) is 0 Å². The minimum absolute atomic E-state index is 0.233. The summed E-state index contributed by atoms with van der Waals surface area (Å²) in [5, 5.41) is 10.6. The molecule has 3 N–H and O–H groups in total. The summed E-state index contributed by atoms with van der Waals surface area (Å²) in [6.07, 6.45) is 6.90. The molecular formula is C25H33ClF2N4O. The van der Waals surface area contributed by atoms with E-state index in [0.29, 0.717) is 65.2 Å². The summed E-state index contributed by atoms with van der Waals surface area (Å²) in [7, 11) is 1.72. The Morgan fingerprint density at radius 3 is 2.58 bits per heavy atom. The molecule has 1 heterocycles. The summed E-state index contributed by atoms with van der Waals surface area (Å²) >= 11 is 6.39. The number of hydrogen-bond acceptors (Lipinski definition) is 5. The highest BCUT2D eigenvalue weighted by molar-refractivity contribution is 6.33. The van der Waals surface area contributed by atoms with Gasteiger partial charge in [0.05, 0.1) is 11.6 Å². The number of benzene rings is 1. The molecule has 1 aromatic heterocycles. The van der Waals surface area contributed by atoms with Gasteiger partial charge < -0.3 is 20.7 Å². The molecule has 2 saturated carbocycles. The van der Waals surface area contributed by atoms with Gasteiger partial charge in [0.1, 0.15) is 17.3 Å². The van der Waals surface area contributed by atoms with Gasteiger partial charge in [-0.1, -0.05) is 11.6 Å². The lowest BCUT2D eigenvalue weighted by Gasteiger charge is -2.32. The van der Waals surface area contributed by atoms with E-state index in [4.69, 9.17) is 16.3 Å². The largest absolute Gasteiger partial charge is 0.383 e. The predicted molar refractivity (Wildman–Crippen MR) is 130 cm³/mol. The highest BCUT2D eigenvalue weighted by Crippen LogP contribution is 2.40. The molecular weight excluding hydrogens is 446 g/mol.